The third-order valence-electron chi connectivity index (χ3n) is 4.24. The van der Waals surface area contributed by atoms with Gasteiger partial charge in [-0.2, -0.15) is 5.10 Å². The van der Waals surface area contributed by atoms with Crippen molar-refractivity contribution in [1.29, 1.82) is 0 Å². The molecule has 0 aliphatic carbocycles. The third kappa shape index (κ3) is 4.34. The summed E-state index contributed by atoms with van der Waals surface area (Å²) in [5, 5.41) is 12.4. The molecule has 4 aromatic rings. The first kappa shape index (κ1) is 18.9. The Morgan fingerprint density at radius 3 is 2.66 bits per heavy atom. The lowest BCUT2D eigenvalue weighted by molar-refractivity contribution is 0.258. The van der Waals surface area contributed by atoms with Crippen LogP contribution in [0, 0.1) is 25.5 Å². The van der Waals surface area contributed by atoms with Gasteiger partial charge in [-0.3, -0.25) is 4.68 Å². The summed E-state index contributed by atoms with van der Waals surface area (Å²) in [6.07, 6.45) is 0.537. The molecular weight excluding hydrogens is 382 g/mol. The van der Waals surface area contributed by atoms with Crippen LogP contribution in [0.5, 0.6) is 5.75 Å². The number of halogens is 2. The van der Waals surface area contributed by atoms with Gasteiger partial charge in [-0.1, -0.05) is 0 Å². The Bertz CT molecular complexity index is 1130. The van der Waals surface area contributed by atoms with Crippen LogP contribution in [-0.4, -0.2) is 20.0 Å². The van der Waals surface area contributed by atoms with Crippen molar-refractivity contribution < 1.29 is 22.4 Å². The first-order valence-corrected chi connectivity index (χ1v) is 8.98. The Labute approximate surface area is 164 Å². The van der Waals surface area contributed by atoms with E-state index in [9.17, 15) is 8.78 Å². The highest BCUT2D eigenvalue weighted by Gasteiger charge is 2.14. The molecule has 0 amide bonds. The van der Waals surface area contributed by atoms with Gasteiger partial charge in [0.2, 0.25) is 5.89 Å². The van der Waals surface area contributed by atoms with E-state index in [0.29, 0.717) is 30.4 Å². The number of hydrogen-bond donors (Lipinski definition) is 0. The molecule has 0 atom stereocenters. The number of nitrogens with zero attached hydrogens (tertiary/aromatic N) is 4. The number of ether oxygens (including phenoxy) is 1. The van der Waals surface area contributed by atoms with Crippen LogP contribution in [0.2, 0.25) is 0 Å². The smallest absolute Gasteiger partial charge is 0.283 e. The molecule has 1 aromatic carbocycles. The third-order valence-corrected chi connectivity index (χ3v) is 4.24. The number of furan rings is 1. The van der Waals surface area contributed by atoms with Gasteiger partial charge in [0, 0.05) is 24.7 Å². The fourth-order valence-corrected chi connectivity index (χ4v) is 2.87. The van der Waals surface area contributed by atoms with Crippen molar-refractivity contribution in [3.63, 3.8) is 0 Å². The molecule has 150 valence electrons. The molecule has 0 saturated heterocycles. The Balaban J connectivity index is 1.37. The monoisotopic (exact) mass is 400 g/mol. The topological polar surface area (TPSA) is 79.1 Å². The Kier molecular flexibility index (Phi) is 5.11. The van der Waals surface area contributed by atoms with Crippen molar-refractivity contribution in [2.75, 3.05) is 0 Å². The SMILES string of the molecule is Cc1cc(C)n(CCc2nnc(-c3ccc(COc4ccc(F)cc4F)o3)o2)n1. The molecule has 0 radical (unpaired) electrons. The second-order valence-corrected chi connectivity index (χ2v) is 6.53. The lowest BCUT2D eigenvalue weighted by Gasteiger charge is -2.05. The van der Waals surface area contributed by atoms with E-state index in [2.05, 4.69) is 15.3 Å². The van der Waals surface area contributed by atoms with E-state index in [4.69, 9.17) is 13.6 Å². The molecule has 0 saturated carbocycles. The van der Waals surface area contributed by atoms with Gasteiger partial charge in [0.15, 0.2) is 17.3 Å². The normalized spacial score (nSPS) is 11.2. The van der Waals surface area contributed by atoms with Gasteiger partial charge in [0.25, 0.3) is 5.89 Å². The molecule has 0 N–H and O–H groups in total. The first-order chi connectivity index (χ1) is 14.0. The molecule has 3 aromatic heterocycles. The summed E-state index contributed by atoms with van der Waals surface area (Å²) in [6.45, 7) is 4.53. The number of benzene rings is 1. The van der Waals surface area contributed by atoms with E-state index in [-0.39, 0.29) is 18.2 Å². The molecule has 7 nitrogen and oxygen atoms in total. The van der Waals surface area contributed by atoms with Gasteiger partial charge in [-0.25, -0.2) is 8.78 Å². The highest BCUT2D eigenvalue weighted by Crippen LogP contribution is 2.23. The standard InChI is InChI=1S/C20H18F2N4O3/c1-12-9-13(2)26(25-12)8-7-19-23-24-20(29-19)18-6-4-15(28-18)11-27-17-5-3-14(21)10-16(17)22/h3-6,9-10H,7-8,11H2,1-2H3. The molecule has 0 aliphatic rings. The summed E-state index contributed by atoms with van der Waals surface area (Å²) < 4.78 is 45.0. The molecule has 0 spiro atoms. The van der Waals surface area contributed by atoms with Crippen molar-refractivity contribution >= 4 is 0 Å². The number of rotatable bonds is 7. The summed E-state index contributed by atoms with van der Waals surface area (Å²) in [5.74, 6) is 0.0246. The van der Waals surface area contributed by atoms with Crippen LogP contribution in [0.4, 0.5) is 8.78 Å². The number of hydrogen-bond acceptors (Lipinski definition) is 6. The van der Waals surface area contributed by atoms with Gasteiger partial charge in [-0.05, 0) is 44.2 Å². The fraction of sp³-hybridized carbons (Fsp3) is 0.250. The quantitative estimate of drug-likeness (QED) is 0.462. The molecule has 3 heterocycles. The van der Waals surface area contributed by atoms with Crippen LogP contribution in [0.15, 0.2) is 45.2 Å². The average Bonchev–Trinajstić information content (AvgIpc) is 3.39. The predicted octanol–water partition coefficient (Wildman–Crippen LogP) is 4.24. The van der Waals surface area contributed by atoms with E-state index >= 15 is 0 Å². The fourth-order valence-electron chi connectivity index (χ4n) is 2.87. The summed E-state index contributed by atoms with van der Waals surface area (Å²) >= 11 is 0. The van der Waals surface area contributed by atoms with Crippen molar-refractivity contribution in [1.82, 2.24) is 20.0 Å². The van der Waals surface area contributed by atoms with Crippen LogP contribution in [-0.2, 0) is 19.6 Å². The van der Waals surface area contributed by atoms with Crippen LogP contribution in [0.1, 0.15) is 23.0 Å². The maximum absolute atomic E-state index is 13.6. The molecule has 0 unspecified atom stereocenters. The molecule has 9 heteroatoms. The van der Waals surface area contributed by atoms with E-state index < -0.39 is 11.6 Å². The number of aryl methyl sites for hydroxylation is 4. The number of aromatic nitrogens is 4. The lowest BCUT2D eigenvalue weighted by atomic mass is 10.3. The summed E-state index contributed by atoms with van der Waals surface area (Å²) in [5.41, 5.74) is 2.02. The molecule has 0 aliphatic heterocycles. The first-order valence-electron chi connectivity index (χ1n) is 8.98. The second kappa shape index (κ2) is 7.86. The van der Waals surface area contributed by atoms with Gasteiger partial charge in [-0.15, -0.1) is 10.2 Å². The van der Waals surface area contributed by atoms with Crippen molar-refractivity contribution in [3.05, 3.63) is 71.1 Å². The maximum atomic E-state index is 13.6. The zero-order valence-corrected chi connectivity index (χ0v) is 15.9. The maximum Gasteiger partial charge on any atom is 0.283 e. The average molecular weight is 400 g/mol. The van der Waals surface area contributed by atoms with E-state index in [1.165, 1.54) is 6.07 Å². The highest BCUT2D eigenvalue weighted by atomic mass is 19.1. The van der Waals surface area contributed by atoms with Gasteiger partial charge >= 0.3 is 0 Å². The van der Waals surface area contributed by atoms with Crippen molar-refractivity contribution in [2.45, 2.75) is 33.4 Å². The highest BCUT2D eigenvalue weighted by molar-refractivity contribution is 5.43. The summed E-state index contributed by atoms with van der Waals surface area (Å²) in [4.78, 5) is 0. The molecule has 4 rings (SSSR count). The van der Waals surface area contributed by atoms with E-state index in [0.717, 1.165) is 23.5 Å². The van der Waals surface area contributed by atoms with E-state index in [1.54, 1.807) is 12.1 Å². The zero-order valence-electron chi connectivity index (χ0n) is 15.9. The molecular formula is C20H18F2N4O3. The summed E-state index contributed by atoms with van der Waals surface area (Å²) in [6, 6.07) is 8.44. The minimum absolute atomic E-state index is 0.0263. The van der Waals surface area contributed by atoms with E-state index in [1.807, 2.05) is 24.6 Å². The van der Waals surface area contributed by atoms with Gasteiger partial charge < -0.3 is 13.6 Å². The predicted molar refractivity (Wildman–Crippen MR) is 98.1 cm³/mol. The van der Waals surface area contributed by atoms with Crippen LogP contribution in [0.3, 0.4) is 0 Å². The van der Waals surface area contributed by atoms with Crippen molar-refractivity contribution in [3.8, 4) is 17.4 Å². The van der Waals surface area contributed by atoms with Gasteiger partial charge in [0.1, 0.15) is 18.2 Å². The summed E-state index contributed by atoms with van der Waals surface area (Å²) in [7, 11) is 0. The largest absolute Gasteiger partial charge is 0.483 e. The van der Waals surface area contributed by atoms with Crippen LogP contribution < -0.4 is 4.74 Å². The lowest BCUT2D eigenvalue weighted by Crippen LogP contribution is -2.05. The van der Waals surface area contributed by atoms with Gasteiger partial charge in [0.05, 0.1) is 5.69 Å². The molecule has 0 bridgehead atoms. The zero-order chi connectivity index (χ0) is 20.4. The Morgan fingerprint density at radius 2 is 1.90 bits per heavy atom. The van der Waals surface area contributed by atoms with Crippen molar-refractivity contribution in [2.24, 2.45) is 0 Å². The Hall–Kier alpha value is -3.49. The minimum Gasteiger partial charge on any atom is -0.483 e. The van der Waals surface area contributed by atoms with Crippen LogP contribution in [0.25, 0.3) is 11.7 Å². The second-order valence-electron chi connectivity index (χ2n) is 6.53. The van der Waals surface area contributed by atoms with Crippen LogP contribution >= 0.6 is 0 Å². The molecule has 0 fully saturated rings. The molecule has 29 heavy (non-hydrogen) atoms. The Morgan fingerprint density at radius 1 is 1.03 bits per heavy atom. The minimum atomic E-state index is -0.777.